The molecule has 2 aromatic heterocycles. The van der Waals surface area contributed by atoms with Crippen molar-refractivity contribution < 1.29 is 4.52 Å². The van der Waals surface area contributed by atoms with Gasteiger partial charge in [0, 0.05) is 11.8 Å². The maximum atomic E-state index is 11.8. The zero-order chi connectivity index (χ0) is 11.7. The normalized spacial score (nSPS) is 10.7. The first-order chi connectivity index (χ1) is 7.59. The van der Waals surface area contributed by atoms with Crippen molar-refractivity contribution in [2.45, 2.75) is 20.4 Å². The van der Waals surface area contributed by atoms with Crippen LogP contribution in [-0.4, -0.2) is 9.72 Å². The Morgan fingerprint density at radius 2 is 2.25 bits per heavy atom. The van der Waals surface area contributed by atoms with Crippen molar-refractivity contribution in [2.24, 2.45) is 0 Å². The van der Waals surface area contributed by atoms with Gasteiger partial charge in [-0.05, 0) is 41.9 Å². The van der Waals surface area contributed by atoms with E-state index in [1.165, 1.54) is 0 Å². The van der Waals surface area contributed by atoms with Crippen LogP contribution in [0.5, 0.6) is 0 Å². The van der Waals surface area contributed by atoms with Gasteiger partial charge in [-0.15, -0.1) is 0 Å². The summed E-state index contributed by atoms with van der Waals surface area (Å²) in [6.07, 6.45) is 1.75. The Hall–Kier alpha value is -1.36. The van der Waals surface area contributed by atoms with Crippen LogP contribution < -0.4 is 5.56 Å². The third-order valence-corrected chi connectivity index (χ3v) is 3.09. The van der Waals surface area contributed by atoms with E-state index in [2.05, 4.69) is 21.1 Å². The molecular weight excluding hydrogens is 272 g/mol. The van der Waals surface area contributed by atoms with Gasteiger partial charge < -0.3 is 9.09 Å². The van der Waals surface area contributed by atoms with Gasteiger partial charge in [0.05, 0.1) is 16.7 Å². The summed E-state index contributed by atoms with van der Waals surface area (Å²) in [5.74, 6) is 0.754. The maximum absolute atomic E-state index is 11.8. The average Bonchev–Trinajstić information content (AvgIpc) is 2.56. The maximum Gasteiger partial charge on any atom is 0.265 e. The van der Waals surface area contributed by atoms with Crippen molar-refractivity contribution in [3.05, 3.63) is 50.2 Å². The van der Waals surface area contributed by atoms with Gasteiger partial charge in [-0.1, -0.05) is 5.16 Å². The zero-order valence-corrected chi connectivity index (χ0v) is 10.6. The van der Waals surface area contributed by atoms with Crippen molar-refractivity contribution in [1.29, 1.82) is 0 Å². The Morgan fingerprint density at radius 1 is 1.50 bits per heavy atom. The monoisotopic (exact) mass is 282 g/mol. The molecule has 84 valence electrons. The summed E-state index contributed by atoms with van der Waals surface area (Å²) in [5.41, 5.74) is 1.73. The largest absolute Gasteiger partial charge is 0.361 e. The molecule has 0 aromatic carbocycles. The minimum Gasteiger partial charge on any atom is -0.361 e. The van der Waals surface area contributed by atoms with Gasteiger partial charge in [0.15, 0.2) is 0 Å². The fourth-order valence-corrected chi connectivity index (χ4v) is 1.91. The molecule has 0 bridgehead atoms. The number of aryl methyl sites for hydroxylation is 2. The van der Waals surface area contributed by atoms with Gasteiger partial charge in [-0.2, -0.15) is 0 Å². The minimum absolute atomic E-state index is 0.0532. The molecule has 0 fully saturated rings. The molecule has 16 heavy (non-hydrogen) atoms. The molecule has 0 saturated carbocycles. The van der Waals surface area contributed by atoms with E-state index in [1.54, 1.807) is 16.8 Å². The average molecular weight is 283 g/mol. The van der Waals surface area contributed by atoms with E-state index in [9.17, 15) is 4.79 Å². The lowest BCUT2D eigenvalue weighted by atomic mass is 10.2. The highest BCUT2D eigenvalue weighted by Crippen LogP contribution is 2.13. The van der Waals surface area contributed by atoms with E-state index in [0.717, 1.165) is 17.0 Å². The molecule has 0 saturated heterocycles. The first-order valence-electron chi connectivity index (χ1n) is 4.86. The van der Waals surface area contributed by atoms with Crippen LogP contribution in [0.4, 0.5) is 0 Å². The summed E-state index contributed by atoms with van der Waals surface area (Å²) in [6.45, 7) is 4.20. The van der Waals surface area contributed by atoms with Gasteiger partial charge in [-0.3, -0.25) is 4.79 Å². The van der Waals surface area contributed by atoms with Gasteiger partial charge in [-0.25, -0.2) is 0 Å². The van der Waals surface area contributed by atoms with Gasteiger partial charge >= 0.3 is 0 Å². The number of rotatable bonds is 2. The molecule has 0 atom stereocenters. The molecule has 0 unspecified atom stereocenters. The smallest absolute Gasteiger partial charge is 0.265 e. The fourth-order valence-electron chi connectivity index (χ4n) is 1.53. The van der Waals surface area contributed by atoms with E-state index >= 15 is 0 Å². The molecule has 0 aliphatic rings. The number of nitrogens with zero attached hydrogens (tertiary/aromatic N) is 2. The van der Waals surface area contributed by atoms with Crippen LogP contribution in [0.25, 0.3) is 0 Å². The quantitative estimate of drug-likeness (QED) is 0.849. The lowest BCUT2D eigenvalue weighted by Crippen LogP contribution is -2.20. The Labute approximate surface area is 101 Å². The lowest BCUT2D eigenvalue weighted by molar-refractivity contribution is 0.392. The van der Waals surface area contributed by atoms with E-state index in [0.29, 0.717) is 11.0 Å². The standard InChI is InChI=1S/C11H11BrN2O2/c1-7-9(8(2)16-13-7)6-14-5-3-4-10(12)11(14)15/h3-5H,6H2,1-2H3. The third-order valence-electron chi connectivity index (χ3n) is 2.48. The number of pyridine rings is 1. The van der Waals surface area contributed by atoms with Gasteiger partial charge in [0.25, 0.3) is 5.56 Å². The molecule has 0 amide bonds. The van der Waals surface area contributed by atoms with Crippen molar-refractivity contribution in [2.75, 3.05) is 0 Å². The van der Waals surface area contributed by atoms with Crippen molar-refractivity contribution in [1.82, 2.24) is 9.72 Å². The molecule has 0 N–H and O–H groups in total. The number of hydrogen-bond acceptors (Lipinski definition) is 3. The predicted molar refractivity (Wildman–Crippen MR) is 63.5 cm³/mol. The summed E-state index contributed by atoms with van der Waals surface area (Å²) < 4.78 is 7.24. The molecular formula is C11H11BrN2O2. The van der Waals surface area contributed by atoms with E-state index in [4.69, 9.17) is 4.52 Å². The Balaban J connectivity index is 2.42. The number of halogens is 1. The highest BCUT2D eigenvalue weighted by molar-refractivity contribution is 9.10. The molecule has 2 aromatic rings. The molecule has 0 spiro atoms. The number of hydrogen-bond donors (Lipinski definition) is 0. The third kappa shape index (κ3) is 1.95. The van der Waals surface area contributed by atoms with Crippen LogP contribution in [-0.2, 0) is 6.54 Å². The Morgan fingerprint density at radius 3 is 2.88 bits per heavy atom. The highest BCUT2D eigenvalue weighted by atomic mass is 79.9. The second-order valence-electron chi connectivity index (χ2n) is 3.59. The van der Waals surface area contributed by atoms with Crippen LogP contribution in [0, 0.1) is 13.8 Å². The van der Waals surface area contributed by atoms with Crippen LogP contribution in [0.1, 0.15) is 17.0 Å². The molecule has 2 rings (SSSR count). The summed E-state index contributed by atoms with van der Waals surface area (Å²) in [6, 6.07) is 3.55. The lowest BCUT2D eigenvalue weighted by Gasteiger charge is -2.04. The summed E-state index contributed by atoms with van der Waals surface area (Å²) in [4.78, 5) is 11.8. The second-order valence-corrected chi connectivity index (χ2v) is 4.45. The molecule has 0 aliphatic heterocycles. The Bertz CT molecular complexity index is 552. The van der Waals surface area contributed by atoms with Crippen LogP contribution in [0.2, 0.25) is 0 Å². The summed E-state index contributed by atoms with van der Waals surface area (Å²) in [5, 5.41) is 3.86. The summed E-state index contributed by atoms with van der Waals surface area (Å²) in [7, 11) is 0. The number of aromatic nitrogens is 2. The van der Waals surface area contributed by atoms with E-state index < -0.39 is 0 Å². The minimum atomic E-state index is -0.0532. The predicted octanol–water partition coefficient (Wildman–Crippen LogP) is 2.26. The fraction of sp³-hybridized carbons (Fsp3) is 0.273. The SMILES string of the molecule is Cc1noc(C)c1Cn1cccc(Br)c1=O. The van der Waals surface area contributed by atoms with Crippen molar-refractivity contribution >= 4 is 15.9 Å². The van der Waals surface area contributed by atoms with Crippen LogP contribution in [0.15, 0.2) is 32.1 Å². The van der Waals surface area contributed by atoms with Crippen molar-refractivity contribution in [3.63, 3.8) is 0 Å². The van der Waals surface area contributed by atoms with Gasteiger partial charge in [0.2, 0.25) is 0 Å². The zero-order valence-electron chi connectivity index (χ0n) is 9.03. The van der Waals surface area contributed by atoms with Crippen molar-refractivity contribution in [3.8, 4) is 0 Å². The van der Waals surface area contributed by atoms with Crippen LogP contribution in [0.3, 0.4) is 0 Å². The van der Waals surface area contributed by atoms with Gasteiger partial charge in [0.1, 0.15) is 5.76 Å². The molecule has 0 aliphatic carbocycles. The second kappa shape index (κ2) is 4.25. The molecule has 2 heterocycles. The highest BCUT2D eigenvalue weighted by Gasteiger charge is 2.10. The molecule has 0 radical (unpaired) electrons. The molecule has 4 nitrogen and oxygen atoms in total. The summed E-state index contributed by atoms with van der Waals surface area (Å²) >= 11 is 3.21. The topological polar surface area (TPSA) is 48.0 Å². The van der Waals surface area contributed by atoms with E-state index in [1.807, 2.05) is 19.9 Å². The Kier molecular flexibility index (Phi) is 2.96. The van der Waals surface area contributed by atoms with Crippen LogP contribution >= 0.6 is 15.9 Å². The first-order valence-corrected chi connectivity index (χ1v) is 5.65. The van der Waals surface area contributed by atoms with E-state index in [-0.39, 0.29) is 5.56 Å². The molecule has 5 heteroatoms. The first kappa shape index (κ1) is 11.1.